The van der Waals surface area contributed by atoms with Crippen LogP contribution in [0.3, 0.4) is 0 Å². The molecule has 0 bridgehead atoms. The van der Waals surface area contributed by atoms with Gasteiger partial charge in [-0.05, 0) is 109 Å². The van der Waals surface area contributed by atoms with E-state index in [0.717, 1.165) is 128 Å². The summed E-state index contributed by atoms with van der Waals surface area (Å²) in [4.78, 5) is 38.4. The molecule has 0 spiro atoms. The third-order valence-electron chi connectivity index (χ3n) is 14.8. The quantitative estimate of drug-likeness (QED) is 0.0261. The first kappa shape index (κ1) is 77.1. The number of rotatable bonds is 62. The summed E-state index contributed by atoms with van der Waals surface area (Å²) in [5.41, 5.74) is 0. The van der Waals surface area contributed by atoms with Gasteiger partial charge in [-0.3, -0.25) is 14.4 Å². The van der Waals surface area contributed by atoms with E-state index in [0.29, 0.717) is 19.3 Å². The summed E-state index contributed by atoms with van der Waals surface area (Å²) < 4.78 is 17.0. The summed E-state index contributed by atoms with van der Waals surface area (Å²) in [6, 6.07) is 0. The number of carbonyl (C=O) groups is 3. The molecule has 0 rings (SSSR count). The van der Waals surface area contributed by atoms with Crippen molar-refractivity contribution in [1.82, 2.24) is 0 Å². The zero-order valence-corrected chi connectivity index (χ0v) is 53.3. The Bertz CT molecular complexity index is 1620. The zero-order chi connectivity index (χ0) is 58.5. The van der Waals surface area contributed by atoms with E-state index in [1.807, 2.05) is 0 Å². The van der Waals surface area contributed by atoms with Crippen LogP contribution in [0, 0.1) is 0 Å². The lowest BCUT2D eigenvalue weighted by Gasteiger charge is -2.18. The van der Waals surface area contributed by atoms with Crippen LogP contribution in [0.15, 0.2) is 109 Å². The molecule has 0 aliphatic rings. The molecule has 0 aliphatic carbocycles. The van der Waals surface area contributed by atoms with E-state index in [1.165, 1.54) is 161 Å². The van der Waals surface area contributed by atoms with Gasteiger partial charge in [0, 0.05) is 19.3 Å². The third kappa shape index (κ3) is 66.8. The number of allylic oxidation sites excluding steroid dienone is 18. The summed E-state index contributed by atoms with van der Waals surface area (Å²) in [5, 5.41) is 0. The van der Waals surface area contributed by atoms with Crippen molar-refractivity contribution in [2.24, 2.45) is 0 Å². The zero-order valence-electron chi connectivity index (χ0n) is 53.3. The molecule has 0 amide bonds. The van der Waals surface area contributed by atoms with E-state index in [9.17, 15) is 14.4 Å². The fourth-order valence-electron chi connectivity index (χ4n) is 9.63. The number of ether oxygens (including phenoxy) is 3. The predicted octanol–water partition coefficient (Wildman–Crippen LogP) is 23.8. The Morgan fingerprint density at radius 1 is 0.259 bits per heavy atom. The summed E-state index contributed by atoms with van der Waals surface area (Å²) in [6.45, 7) is 6.52. The number of hydrogen-bond acceptors (Lipinski definition) is 6. The van der Waals surface area contributed by atoms with Gasteiger partial charge in [0.2, 0.25) is 0 Å². The highest BCUT2D eigenvalue weighted by atomic mass is 16.6. The van der Waals surface area contributed by atoms with E-state index in [2.05, 4.69) is 130 Å². The second kappa shape index (κ2) is 68.6. The molecule has 6 heteroatoms. The highest BCUT2D eigenvalue weighted by molar-refractivity contribution is 5.71. The molecular weight excluding hydrogens is 997 g/mol. The summed E-state index contributed by atoms with van der Waals surface area (Å²) in [5.74, 6) is -0.894. The van der Waals surface area contributed by atoms with Crippen molar-refractivity contribution in [1.29, 1.82) is 0 Å². The molecule has 1 unspecified atom stereocenters. The molecular formula is C75H128O6. The summed E-state index contributed by atoms with van der Waals surface area (Å²) >= 11 is 0. The average Bonchev–Trinajstić information content (AvgIpc) is 3.47. The van der Waals surface area contributed by atoms with Crippen LogP contribution in [0.2, 0.25) is 0 Å². The van der Waals surface area contributed by atoms with Crippen LogP contribution < -0.4 is 0 Å². The van der Waals surface area contributed by atoms with Gasteiger partial charge in [0.05, 0.1) is 0 Å². The molecule has 0 heterocycles. The van der Waals surface area contributed by atoms with Gasteiger partial charge in [-0.2, -0.15) is 0 Å². The van der Waals surface area contributed by atoms with Crippen LogP contribution in [0.1, 0.15) is 329 Å². The molecule has 0 saturated heterocycles. The maximum atomic E-state index is 12.9. The lowest BCUT2D eigenvalue weighted by Crippen LogP contribution is -2.30. The Labute approximate surface area is 501 Å². The first-order chi connectivity index (χ1) is 40.0. The molecule has 0 radical (unpaired) electrons. The van der Waals surface area contributed by atoms with E-state index in [1.54, 1.807) is 0 Å². The maximum Gasteiger partial charge on any atom is 0.306 e. The van der Waals surface area contributed by atoms with Gasteiger partial charge in [0.25, 0.3) is 0 Å². The SMILES string of the molecule is CC/C=C\C/C=C\C/C=C\C/C=C\C/C=C\C/C=C\C/C=C\CCCCCCCC(=O)OCC(COC(=O)CCCCCCCCCCCCCCCCCCC)OC(=O)CCCCCCCCCCC/C=C\C/C=C\CCCCC. The van der Waals surface area contributed by atoms with Crippen LogP contribution in [0.4, 0.5) is 0 Å². The normalized spacial score (nSPS) is 12.8. The molecule has 6 nitrogen and oxygen atoms in total. The minimum absolute atomic E-state index is 0.0839. The smallest absolute Gasteiger partial charge is 0.306 e. The van der Waals surface area contributed by atoms with Crippen molar-refractivity contribution in [3.63, 3.8) is 0 Å². The second-order valence-electron chi connectivity index (χ2n) is 22.7. The van der Waals surface area contributed by atoms with E-state index in [4.69, 9.17) is 14.2 Å². The Kier molecular flexibility index (Phi) is 65.2. The van der Waals surface area contributed by atoms with Gasteiger partial charge in [-0.25, -0.2) is 0 Å². The highest BCUT2D eigenvalue weighted by Crippen LogP contribution is 2.17. The molecule has 464 valence electrons. The average molecular weight is 1130 g/mol. The van der Waals surface area contributed by atoms with Crippen molar-refractivity contribution in [2.45, 2.75) is 335 Å². The predicted molar refractivity (Wildman–Crippen MR) is 353 cm³/mol. The van der Waals surface area contributed by atoms with E-state index < -0.39 is 6.10 Å². The molecule has 0 aliphatic heterocycles. The van der Waals surface area contributed by atoms with Crippen molar-refractivity contribution in [2.75, 3.05) is 13.2 Å². The first-order valence-electron chi connectivity index (χ1n) is 34.4. The molecule has 0 aromatic carbocycles. The molecule has 0 N–H and O–H groups in total. The molecule has 81 heavy (non-hydrogen) atoms. The monoisotopic (exact) mass is 1120 g/mol. The number of esters is 3. The second-order valence-corrected chi connectivity index (χ2v) is 22.7. The fraction of sp³-hybridized carbons (Fsp3) is 0.720. The summed E-state index contributed by atoms with van der Waals surface area (Å²) in [7, 11) is 0. The van der Waals surface area contributed by atoms with Gasteiger partial charge in [0.1, 0.15) is 13.2 Å². The van der Waals surface area contributed by atoms with Crippen molar-refractivity contribution in [3.05, 3.63) is 109 Å². The molecule has 0 aromatic heterocycles. The maximum absolute atomic E-state index is 12.9. The number of carbonyl (C=O) groups excluding carboxylic acids is 3. The van der Waals surface area contributed by atoms with Gasteiger partial charge in [-0.15, -0.1) is 0 Å². The number of unbranched alkanes of at least 4 members (excludes halogenated alkanes) is 33. The van der Waals surface area contributed by atoms with Crippen LogP contribution in [0.5, 0.6) is 0 Å². The Balaban J connectivity index is 4.41. The van der Waals surface area contributed by atoms with Crippen LogP contribution in [-0.4, -0.2) is 37.2 Å². The van der Waals surface area contributed by atoms with Crippen LogP contribution >= 0.6 is 0 Å². The standard InChI is InChI=1S/C75H128O6/c1-4-7-10-13-16-19-22-25-28-31-33-34-35-36-37-38-39-40-42-44-47-50-53-56-59-62-65-68-74(77)80-71-72(70-79-73(76)67-64-61-58-55-52-49-46-43-30-27-24-21-18-15-12-9-6-3)81-75(78)69-66-63-60-57-54-51-48-45-41-32-29-26-23-20-17-14-11-8-5-2/h7,10,16-17,19-20,25-26,28-29,33-34,36-37,39-40,44,47,72H,4-6,8-9,11-15,18,21-24,27,30-32,35,38,41-43,45-46,48-71H2,1-3H3/b10-7-,19-16-,20-17-,28-25-,29-26-,34-33-,37-36-,40-39-,47-44-. The lowest BCUT2D eigenvalue weighted by atomic mass is 10.0. The summed E-state index contributed by atoms with van der Waals surface area (Å²) in [6.07, 6.45) is 93.8. The van der Waals surface area contributed by atoms with Crippen molar-refractivity contribution < 1.29 is 28.6 Å². The fourth-order valence-corrected chi connectivity index (χ4v) is 9.63. The van der Waals surface area contributed by atoms with Crippen molar-refractivity contribution >= 4 is 17.9 Å². The minimum Gasteiger partial charge on any atom is -0.462 e. The van der Waals surface area contributed by atoms with E-state index in [-0.39, 0.29) is 31.1 Å². The van der Waals surface area contributed by atoms with Gasteiger partial charge in [-0.1, -0.05) is 310 Å². The largest absolute Gasteiger partial charge is 0.462 e. The first-order valence-corrected chi connectivity index (χ1v) is 34.4. The molecule has 1 atom stereocenters. The van der Waals surface area contributed by atoms with Crippen LogP contribution in [0.25, 0.3) is 0 Å². The molecule has 0 fully saturated rings. The minimum atomic E-state index is -0.791. The van der Waals surface area contributed by atoms with Gasteiger partial charge in [0.15, 0.2) is 6.10 Å². The lowest BCUT2D eigenvalue weighted by molar-refractivity contribution is -0.167. The number of hydrogen-bond donors (Lipinski definition) is 0. The van der Waals surface area contributed by atoms with E-state index >= 15 is 0 Å². The Morgan fingerprint density at radius 3 is 0.778 bits per heavy atom. The van der Waals surface area contributed by atoms with Gasteiger partial charge >= 0.3 is 17.9 Å². The Morgan fingerprint density at radius 2 is 0.481 bits per heavy atom. The highest BCUT2D eigenvalue weighted by Gasteiger charge is 2.19. The third-order valence-corrected chi connectivity index (χ3v) is 14.8. The van der Waals surface area contributed by atoms with Crippen LogP contribution in [-0.2, 0) is 28.6 Å². The van der Waals surface area contributed by atoms with Crippen molar-refractivity contribution in [3.8, 4) is 0 Å². The van der Waals surface area contributed by atoms with Gasteiger partial charge < -0.3 is 14.2 Å². The molecule has 0 aromatic rings. The topological polar surface area (TPSA) is 78.9 Å². The molecule has 0 saturated carbocycles. The Hall–Kier alpha value is -3.93.